The molecule has 3 rings (SSSR count). The van der Waals surface area contributed by atoms with Crippen molar-refractivity contribution in [3.05, 3.63) is 72.2 Å². The largest absolute Gasteiger partial charge is 0.516 e. The van der Waals surface area contributed by atoms with Gasteiger partial charge in [-0.15, -0.1) is 0 Å². The molecular weight excluding hydrogens is 566 g/mol. The highest BCUT2D eigenvalue weighted by atomic mass is 32.2. The first-order chi connectivity index (χ1) is 17.8. The van der Waals surface area contributed by atoms with E-state index in [2.05, 4.69) is 0 Å². The van der Waals surface area contributed by atoms with Crippen LogP contribution in [0.5, 0.6) is 0 Å². The summed E-state index contributed by atoms with van der Waals surface area (Å²) in [7, 11) is -9.01. The van der Waals surface area contributed by atoms with E-state index in [1.165, 1.54) is 40.9 Å². The second-order valence-electron chi connectivity index (χ2n) is 9.43. The molecule has 0 aliphatic rings. The van der Waals surface area contributed by atoms with E-state index in [1.807, 2.05) is 0 Å². The summed E-state index contributed by atoms with van der Waals surface area (Å²) in [6.45, 7) is 4.87. The molecule has 0 saturated heterocycles. The minimum absolute atomic E-state index is 0.110. The molecule has 0 radical (unpaired) electrons. The number of nitrogens with zero attached hydrogens (tertiary/aromatic N) is 2. The van der Waals surface area contributed by atoms with E-state index in [4.69, 9.17) is 4.74 Å². The fourth-order valence-corrected chi connectivity index (χ4v) is 5.36. The van der Waals surface area contributed by atoms with Gasteiger partial charge in [-0.05, 0) is 62.7 Å². The maximum Gasteiger partial charge on any atom is 0.516 e. The fraction of sp³-hybridized carbons (Fsp3) is 0.292. The quantitative estimate of drug-likeness (QED) is 0.380. The van der Waals surface area contributed by atoms with Gasteiger partial charge in [-0.25, -0.2) is 21.6 Å². The Hall–Kier alpha value is -3.59. The van der Waals surface area contributed by atoms with Crippen molar-refractivity contribution >= 4 is 31.8 Å². The maximum absolute atomic E-state index is 14.7. The molecule has 9 nitrogen and oxygen atoms in total. The Labute approximate surface area is 223 Å². The van der Waals surface area contributed by atoms with E-state index in [0.29, 0.717) is 10.0 Å². The Morgan fingerprint density at radius 1 is 1.00 bits per heavy atom. The zero-order valence-electron chi connectivity index (χ0n) is 21.2. The highest BCUT2D eigenvalue weighted by Gasteiger charge is 2.46. The lowest BCUT2D eigenvalue weighted by Gasteiger charge is -2.24. The molecule has 2 aromatic carbocycles. The predicted octanol–water partition coefficient (Wildman–Crippen LogP) is 5.16. The minimum Gasteiger partial charge on any atom is -0.444 e. The van der Waals surface area contributed by atoms with Gasteiger partial charge in [0.05, 0.1) is 22.8 Å². The van der Waals surface area contributed by atoms with Gasteiger partial charge in [-0.1, -0.05) is 18.2 Å². The molecule has 39 heavy (non-hydrogen) atoms. The summed E-state index contributed by atoms with van der Waals surface area (Å²) in [6.07, 6.45) is 0.431. The molecule has 15 heteroatoms. The van der Waals surface area contributed by atoms with Gasteiger partial charge < -0.3 is 9.64 Å². The van der Waals surface area contributed by atoms with Crippen LogP contribution in [0.1, 0.15) is 26.3 Å². The van der Waals surface area contributed by atoms with Gasteiger partial charge in [-0.2, -0.15) is 21.6 Å². The summed E-state index contributed by atoms with van der Waals surface area (Å²) in [5, 5.41) is 0. The summed E-state index contributed by atoms with van der Waals surface area (Å²) in [5.74, 6) is -0.759. The highest BCUT2D eigenvalue weighted by Crippen LogP contribution is 2.31. The Morgan fingerprint density at radius 2 is 1.64 bits per heavy atom. The van der Waals surface area contributed by atoms with Crippen LogP contribution >= 0.6 is 0 Å². The first-order valence-corrected chi connectivity index (χ1v) is 14.1. The van der Waals surface area contributed by atoms with Crippen LogP contribution in [0.15, 0.2) is 65.7 Å². The Balaban J connectivity index is 2.08. The number of amides is 1. The second-order valence-corrected chi connectivity index (χ2v) is 12.9. The van der Waals surface area contributed by atoms with Crippen LogP contribution < -0.4 is 4.72 Å². The van der Waals surface area contributed by atoms with Crippen LogP contribution in [0, 0.1) is 5.82 Å². The lowest BCUT2D eigenvalue weighted by molar-refractivity contribution is -0.0429. The Bertz CT molecular complexity index is 1590. The molecule has 1 aromatic heterocycles. The van der Waals surface area contributed by atoms with E-state index in [0.717, 1.165) is 30.5 Å². The fourth-order valence-electron chi connectivity index (χ4n) is 3.37. The lowest BCUT2D eigenvalue weighted by atomic mass is 10.1. The van der Waals surface area contributed by atoms with E-state index in [-0.39, 0.29) is 23.4 Å². The van der Waals surface area contributed by atoms with E-state index in [1.54, 1.807) is 20.8 Å². The minimum atomic E-state index is -5.82. The standard InChI is InChI=1S/C24H25F4N3O6S2/c1-23(2,3)37-22(32)30(4)14-16-12-21(19-10-5-6-11-20(19)25)31(15-16)38(33,34)18-9-7-8-17(13-18)29-39(35,36)24(26,27)28/h5-13,15,29H,14H2,1-4H3. The Morgan fingerprint density at radius 3 is 2.23 bits per heavy atom. The predicted molar refractivity (Wildman–Crippen MR) is 135 cm³/mol. The third-order valence-electron chi connectivity index (χ3n) is 5.07. The third-order valence-corrected chi connectivity index (χ3v) is 7.85. The van der Waals surface area contributed by atoms with Crippen molar-refractivity contribution in [2.45, 2.75) is 43.3 Å². The number of carbonyl (C=O) groups is 1. The number of anilines is 1. The zero-order valence-corrected chi connectivity index (χ0v) is 22.8. The van der Waals surface area contributed by atoms with Gasteiger partial charge in [0.2, 0.25) is 0 Å². The monoisotopic (exact) mass is 591 g/mol. The van der Waals surface area contributed by atoms with Crippen molar-refractivity contribution in [3.8, 4) is 11.3 Å². The van der Waals surface area contributed by atoms with E-state index in [9.17, 15) is 39.2 Å². The molecule has 0 fully saturated rings. The van der Waals surface area contributed by atoms with Crippen molar-refractivity contribution in [3.63, 3.8) is 0 Å². The maximum atomic E-state index is 14.7. The zero-order chi connectivity index (χ0) is 29.4. The van der Waals surface area contributed by atoms with Gasteiger partial charge in [-0.3, -0.25) is 4.72 Å². The van der Waals surface area contributed by atoms with Gasteiger partial charge >= 0.3 is 21.6 Å². The molecule has 3 aromatic rings. The second kappa shape index (κ2) is 10.5. The first-order valence-electron chi connectivity index (χ1n) is 11.2. The van der Waals surface area contributed by atoms with Crippen LogP contribution in [0.3, 0.4) is 0 Å². The number of hydrogen-bond acceptors (Lipinski definition) is 6. The molecule has 0 aliphatic heterocycles. The van der Waals surface area contributed by atoms with E-state index < -0.39 is 53.6 Å². The number of alkyl halides is 3. The molecule has 0 unspecified atom stereocenters. The number of benzene rings is 2. The molecule has 0 aliphatic carbocycles. The van der Waals surface area contributed by atoms with Crippen molar-refractivity contribution in [2.24, 2.45) is 0 Å². The number of nitrogens with one attached hydrogen (secondary N) is 1. The molecule has 0 bridgehead atoms. The molecule has 1 amide bonds. The number of halogens is 4. The lowest BCUT2D eigenvalue weighted by Crippen LogP contribution is -2.33. The number of aromatic nitrogens is 1. The Kier molecular flexibility index (Phi) is 8.08. The number of ether oxygens (including phenoxy) is 1. The summed E-state index contributed by atoms with van der Waals surface area (Å²) in [5.41, 5.74) is -7.06. The van der Waals surface area contributed by atoms with Crippen molar-refractivity contribution in [1.82, 2.24) is 8.87 Å². The third kappa shape index (κ3) is 6.89. The van der Waals surface area contributed by atoms with Gasteiger partial charge in [0, 0.05) is 18.8 Å². The molecule has 1 heterocycles. The smallest absolute Gasteiger partial charge is 0.444 e. The van der Waals surface area contributed by atoms with Crippen LogP contribution in [0.25, 0.3) is 11.3 Å². The number of sulfonamides is 1. The van der Waals surface area contributed by atoms with Crippen LogP contribution in [-0.4, -0.2) is 50.0 Å². The highest BCUT2D eigenvalue weighted by molar-refractivity contribution is 7.93. The first kappa shape index (κ1) is 30.0. The van der Waals surface area contributed by atoms with Crippen LogP contribution in [0.4, 0.5) is 28.0 Å². The van der Waals surface area contributed by atoms with Crippen molar-refractivity contribution < 1.29 is 43.9 Å². The van der Waals surface area contributed by atoms with Gasteiger partial charge in [0.1, 0.15) is 11.4 Å². The summed E-state index contributed by atoms with van der Waals surface area (Å²) < 4.78 is 111. The summed E-state index contributed by atoms with van der Waals surface area (Å²) >= 11 is 0. The number of hydrogen-bond donors (Lipinski definition) is 1. The van der Waals surface area contributed by atoms with Crippen molar-refractivity contribution in [1.29, 1.82) is 0 Å². The average Bonchev–Trinajstić information content (AvgIpc) is 3.21. The molecular formula is C24H25F4N3O6S2. The topological polar surface area (TPSA) is 115 Å². The van der Waals surface area contributed by atoms with Gasteiger partial charge in [0.15, 0.2) is 0 Å². The van der Waals surface area contributed by atoms with E-state index >= 15 is 0 Å². The SMILES string of the molecule is CN(Cc1cc(-c2ccccc2F)n(S(=O)(=O)c2cccc(NS(=O)(=O)C(F)(F)F)c2)c1)C(=O)OC(C)(C)C. The summed E-state index contributed by atoms with van der Waals surface area (Å²) in [4.78, 5) is 13.0. The summed E-state index contributed by atoms with van der Waals surface area (Å²) in [6, 6.07) is 10.4. The molecule has 1 N–H and O–H groups in total. The average molecular weight is 592 g/mol. The van der Waals surface area contributed by atoms with Crippen molar-refractivity contribution in [2.75, 3.05) is 11.8 Å². The normalized spacial score (nSPS) is 12.7. The van der Waals surface area contributed by atoms with Gasteiger partial charge in [0.25, 0.3) is 10.0 Å². The van der Waals surface area contributed by atoms with Crippen LogP contribution in [-0.2, 0) is 31.3 Å². The molecule has 0 atom stereocenters. The number of rotatable bonds is 7. The van der Waals surface area contributed by atoms with Crippen LogP contribution in [0.2, 0.25) is 0 Å². The molecule has 0 saturated carbocycles. The number of carbonyl (C=O) groups excluding carboxylic acids is 1. The molecule has 0 spiro atoms. The molecule has 212 valence electrons.